The molecule has 4 aromatic rings. The minimum Gasteiger partial charge on any atom is -0.322 e. The van der Waals surface area contributed by atoms with Crippen LogP contribution >= 0.6 is 0 Å². The second-order valence-electron chi connectivity index (χ2n) is 8.72. The molecule has 0 radical (unpaired) electrons. The van der Waals surface area contributed by atoms with E-state index in [1.807, 2.05) is 60.8 Å². The lowest BCUT2D eigenvalue weighted by Gasteiger charge is -2.33. The van der Waals surface area contributed by atoms with Crippen molar-refractivity contribution in [1.82, 2.24) is 24.8 Å². The summed E-state index contributed by atoms with van der Waals surface area (Å²) in [5, 5.41) is 3.01. The van der Waals surface area contributed by atoms with Crippen molar-refractivity contribution >= 4 is 11.6 Å². The van der Waals surface area contributed by atoms with Crippen LogP contribution in [0.2, 0.25) is 0 Å². The highest BCUT2D eigenvalue weighted by Gasteiger charge is 2.16. The highest BCUT2D eigenvalue weighted by Crippen LogP contribution is 2.25. The normalized spacial score (nSPS) is 14.7. The zero-order valence-corrected chi connectivity index (χ0v) is 19.9. The predicted molar refractivity (Wildman–Crippen MR) is 138 cm³/mol. The van der Waals surface area contributed by atoms with Gasteiger partial charge in [0.1, 0.15) is 5.82 Å². The van der Waals surface area contributed by atoms with E-state index in [1.165, 1.54) is 6.20 Å². The quantitative estimate of drug-likeness (QED) is 0.401. The molecule has 0 spiro atoms. The van der Waals surface area contributed by atoms with Gasteiger partial charge in [0, 0.05) is 44.5 Å². The van der Waals surface area contributed by atoms with Crippen molar-refractivity contribution in [1.29, 1.82) is 0 Å². The SMILES string of the molecule is CCN1CCN(Cc2ccc(Nc3nc(-c4ccc(-c5ccccc5)cc4)ncc3F)nc2)CC1. The largest absolute Gasteiger partial charge is 0.322 e. The molecule has 2 aromatic heterocycles. The van der Waals surface area contributed by atoms with Gasteiger partial charge in [0.25, 0.3) is 0 Å². The van der Waals surface area contributed by atoms with E-state index in [0.717, 1.165) is 61.5 Å². The zero-order valence-electron chi connectivity index (χ0n) is 19.9. The van der Waals surface area contributed by atoms with Crippen LogP contribution in [-0.4, -0.2) is 57.5 Å². The molecule has 0 atom stereocenters. The van der Waals surface area contributed by atoms with Crippen LogP contribution < -0.4 is 5.32 Å². The number of hydrogen-bond donors (Lipinski definition) is 1. The monoisotopic (exact) mass is 468 g/mol. The maximum absolute atomic E-state index is 14.5. The van der Waals surface area contributed by atoms with E-state index >= 15 is 0 Å². The van der Waals surface area contributed by atoms with E-state index in [-0.39, 0.29) is 5.82 Å². The number of piperazine rings is 1. The summed E-state index contributed by atoms with van der Waals surface area (Å²) in [7, 11) is 0. The number of hydrogen-bond acceptors (Lipinski definition) is 6. The lowest BCUT2D eigenvalue weighted by Crippen LogP contribution is -2.45. The first-order valence-electron chi connectivity index (χ1n) is 12.0. The van der Waals surface area contributed by atoms with E-state index in [1.54, 1.807) is 0 Å². The Balaban J connectivity index is 1.25. The Morgan fingerprint density at radius 2 is 1.46 bits per heavy atom. The van der Waals surface area contributed by atoms with Crippen molar-refractivity contribution in [2.45, 2.75) is 13.5 Å². The average molecular weight is 469 g/mol. The van der Waals surface area contributed by atoms with Gasteiger partial charge >= 0.3 is 0 Å². The fraction of sp³-hybridized carbons (Fsp3) is 0.250. The molecule has 2 aromatic carbocycles. The molecule has 0 aliphatic carbocycles. The number of nitrogens with zero attached hydrogens (tertiary/aromatic N) is 5. The van der Waals surface area contributed by atoms with Crippen LogP contribution in [0.15, 0.2) is 79.1 Å². The molecule has 35 heavy (non-hydrogen) atoms. The van der Waals surface area contributed by atoms with Gasteiger partial charge in [0.2, 0.25) is 0 Å². The van der Waals surface area contributed by atoms with Gasteiger partial charge in [-0.05, 0) is 29.3 Å². The number of aromatic nitrogens is 3. The fourth-order valence-electron chi connectivity index (χ4n) is 4.27. The molecule has 0 unspecified atom stereocenters. The van der Waals surface area contributed by atoms with Crippen LogP contribution in [-0.2, 0) is 6.54 Å². The number of halogens is 1. The summed E-state index contributed by atoms with van der Waals surface area (Å²) in [6.45, 7) is 8.52. The maximum atomic E-state index is 14.5. The molecule has 0 amide bonds. The molecule has 1 fully saturated rings. The first-order chi connectivity index (χ1) is 17.2. The number of benzene rings is 2. The molecule has 0 bridgehead atoms. The summed E-state index contributed by atoms with van der Waals surface area (Å²) < 4.78 is 14.5. The average Bonchev–Trinajstić information content (AvgIpc) is 2.92. The molecular formula is C28H29FN6. The number of pyridine rings is 1. The Bertz CT molecular complexity index is 1240. The van der Waals surface area contributed by atoms with E-state index in [9.17, 15) is 4.39 Å². The van der Waals surface area contributed by atoms with Crippen molar-refractivity contribution in [3.8, 4) is 22.5 Å². The Morgan fingerprint density at radius 1 is 0.771 bits per heavy atom. The van der Waals surface area contributed by atoms with Crippen molar-refractivity contribution in [3.63, 3.8) is 0 Å². The molecule has 0 saturated carbocycles. The second kappa shape index (κ2) is 10.7. The van der Waals surface area contributed by atoms with Crippen LogP contribution in [0, 0.1) is 5.82 Å². The number of likely N-dealkylation sites (N-methyl/N-ethyl adjacent to an activating group) is 1. The van der Waals surface area contributed by atoms with Crippen LogP contribution in [0.5, 0.6) is 0 Å². The number of nitrogens with one attached hydrogen (secondary N) is 1. The Morgan fingerprint density at radius 3 is 2.14 bits per heavy atom. The highest BCUT2D eigenvalue weighted by molar-refractivity contribution is 5.68. The van der Waals surface area contributed by atoms with Gasteiger partial charge in [0.15, 0.2) is 17.5 Å². The highest BCUT2D eigenvalue weighted by atomic mass is 19.1. The van der Waals surface area contributed by atoms with Gasteiger partial charge in [-0.3, -0.25) is 4.90 Å². The van der Waals surface area contributed by atoms with Gasteiger partial charge in [-0.2, -0.15) is 0 Å². The smallest absolute Gasteiger partial charge is 0.184 e. The summed E-state index contributed by atoms with van der Waals surface area (Å²) in [4.78, 5) is 18.0. The van der Waals surface area contributed by atoms with Gasteiger partial charge in [-0.1, -0.05) is 67.6 Å². The van der Waals surface area contributed by atoms with E-state index < -0.39 is 5.82 Å². The summed E-state index contributed by atoms with van der Waals surface area (Å²) >= 11 is 0. The Hall–Kier alpha value is -3.68. The molecule has 7 heteroatoms. The predicted octanol–water partition coefficient (Wildman–Crippen LogP) is 5.23. The van der Waals surface area contributed by atoms with E-state index in [2.05, 4.69) is 49.1 Å². The molecule has 178 valence electrons. The van der Waals surface area contributed by atoms with Gasteiger partial charge in [-0.15, -0.1) is 0 Å². The van der Waals surface area contributed by atoms with Crippen LogP contribution in [0.3, 0.4) is 0 Å². The molecule has 3 heterocycles. The first-order valence-corrected chi connectivity index (χ1v) is 12.0. The Labute approximate surface area is 205 Å². The fourth-order valence-corrected chi connectivity index (χ4v) is 4.27. The van der Waals surface area contributed by atoms with Gasteiger partial charge in [-0.25, -0.2) is 19.3 Å². The standard InChI is InChI=1S/C28H29FN6/c1-2-34-14-16-35(17-15-34)20-21-8-13-26(30-18-21)32-28-25(29)19-31-27(33-28)24-11-9-23(10-12-24)22-6-4-3-5-7-22/h3-13,18-19H,2,14-17,20H2,1H3,(H,30,31,32,33). The molecule has 6 nitrogen and oxygen atoms in total. The maximum Gasteiger partial charge on any atom is 0.184 e. The zero-order chi connectivity index (χ0) is 24.0. The molecular weight excluding hydrogens is 439 g/mol. The molecule has 1 N–H and O–H groups in total. The molecule has 5 rings (SSSR count). The van der Waals surface area contributed by atoms with Crippen molar-refractivity contribution in [2.24, 2.45) is 0 Å². The third-order valence-electron chi connectivity index (χ3n) is 6.38. The summed E-state index contributed by atoms with van der Waals surface area (Å²) in [6, 6.07) is 22.0. The van der Waals surface area contributed by atoms with Crippen molar-refractivity contribution in [3.05, 3.63) is 90.5 Å². The minimum absolute atomic E-state index is 0.109. The summed E-state index contributed by atoms with van der Waals surface area (Å²) in [5.74, 6) is 0.594. The van der Waals surface area contributed by atoms with E-state index in [0.29, 0.717) is 11.6 Å². The third kappa shape index (κ3) is 5.70. The lowest BCUT2D eigenvalue weighted by molar-refractivity contribution is 0.132. The minimum atomic E-state index is -0.519. The summed E-state index contributed by atoms with van der Waals surface area (Å²) in [5.41, 5.74) is 4.20. The molecule has 1 saturated heterocycles. The van der Waals surface area contributed by atoms with Gasteiger partial charge < -0.3 is 10.2 Å². The third-order valence-corrected chi connectivity index (χ3v) is 6.38. The second-order valence-corrected chi connectivity index (χ2v) is 8.72. The van der Waals surface area contributed by atoms with Crippen molar-refractivity contribution < 1.29 is 4.39 Å². The van der Waals surface area contributed by atoms with E-state index in [4.69, 9.17) is 0 Å². The topological polar surface area (TPSA) is 57.2 Å². The Kier molecular flexibility index (Phi) is 7.07. The van der Waals surface area contributed by atoms with Crippen molar-refractivity contribution in [2.75, 3.05) is 38.0 Å². The van der Waals surface area contributed by atoms with Crippen LogP contribution in [0.4, 0.5) is 16.0 Å². The van der Waals surface area contributed by atoms with Crippen LogP contribution in [0.25, 0.3) is 22.5 Å². The summed E-state index contributed by atoms with van der Waals surface area (Å²) in [6.07, 6.45) is 3.04. The van der Waals surface area contributed by atoms with Gasteiger partial charge in [0.05, 0.1) is 6.20 Å². The first kappa shape index (κ1) is 23.1. The van der Waals surface area contributed by atoms with Crippen LogP contribution in [0.1, 0.15) is 12.5 Å². The number of anilines is 2. The molecule has 1 aliphatic heterocycles. The lowest BCUT2D eigenvalue weighted by atomic mass is 10.0. The number of rotatable bonds is 7. The molecule has 1 aliphatic rings.